The number of hydrogen-bond donors (Lipinski definition) is 1. The fraction of sp³-hybridized carbons (Fsp3) is 0.429. The summed E-state index contributed by atoms with van der Waals surface area (Å²) in [6, 6.07) is 11.1. The summed E-state index contributed by atoms with van der Waals surface area (Å²) in [5.74, 6) is 0. The van der Waals surface area contributed by atoms with Crippen molar-refractivity contribution in [3.63, 3.8) is 0 Å². The molecule has 1 atom stereocenters. The van der Waals surface area contributed by atoms with Gasteiger partial charge in [-0.25, -0.2) is 0 Å². The Kier molecular flexibility index (Phi) is 5.83. The van der Waals surface area contributed by atoms with Crippen LogP contribution in [0, 0.1) is 0 Å². The van der Waals surface area contributed by atoms with Gasteiger partial charge < -0.3 is 5.32 Å². The van der Waals surface area contributed by atoms with Crippen molar-refractivity contribution in [2.75, 3.05) is 20.1 Å². The molecule has 0 heterocycles. The molecule has 1 N–H and O–H groups in total. The van der Waals surface area contributed by atoms with Gasteiger partial charge in [-0.05, 0) is 19.5 Å². The van der Waals surface area contributed by atoms with E-state index in [4.69, 9.17) is 0 Å². The van der Waals surface area contributed by atoms with Crippen LogP contribution in [0.5, 0.6) is 0 Å². The summed E-state index contributed by atoms with van der Waals surface area (Å²) in [5.41, 5.74) is 1.36. The van der Waals surface area contributed by atoms with E-state index < -0.39 is 0 Å². The van der Waals surface area contributed by atoms with E-state index in [0.29, 0.717) is 6.04 Å². The average molecular weight is 218 g/mol. The van der Waals surface area contributed by atoms with Gasteiger partial charge in [-0.3, -0.25) is 4.90 Å². The van der Waals surface area contributed by atoms with Crippen LogP contribution in [0.15, 0.2) is 43.0 Å². The van der Waals surface area contributed by atoms with E-state index in [1.807, 2.05) is 6.08 Å². The van der Waals surface area contributed by atoms with E-state index in [-0.39, 0.29) is 0 Å². The van der Waals surface area contributed by atoms with Gasteiger partial charge in [0.2, 0.25) is 0 Å². The zero-order chi connectivity index (χ0) is 11.8. The van der Waals surface area contributed by atoms with E-state index in [1.54, 1.807) is 0 Å². The molecular formula is C14H22N2. The third-order valence-corrected chi connectivity index (χ3v) is 2.76. The molecule has 1 aromatic rings. The van der Waals surface area contributed by atoms with Gasteiger partial charge in [0.25, 0.3) is 0 Å². The number of nitrogens with zero attached hydrogens (tertiary/aromatic N) is 1. The first-order valence-electron chi connectivity index (χ1n) is 5.80. The van der Waals surface area contributed by atoms with E-state index in [1.165, 1.54) is 5.56 Å². The first kappa shape index (κ1) is 12.9. The topological polar surface area (TPSA) is 15.3 Å². The molecule has 88 valence electrons. The van der Waals surface area contributed by atoms with Crippen LogP contribution in [0.2, 0.25) is 0 Å². The van der Waals surface area contributed by atoms with Gasteiger partial charge in [0.1, 0.15) is 0 Å². The van der Waals surface area contributed by atoms with Gasteiger partial charge in [0.15, 0.2) is 0 Å². The molecule has 0 spiro atoms. The Morgan fingerprint density at radius 3 is 2.69 bits per heavy atom. The maximum atomic E-state index is 3.69. The molecule has 0 saturated heterocycles. The molecule has 0 fully saturated rings. The molecule has 0 aliphatic heterocycles. The van der Waals surface area contributed by atoms with Crippen molar-refractivity contribution in [1.82, 2.24) is 10.2 Å². The van der Waals surface area contributed by atoms with Crippen molar-refractivity contribution >= 4 is 0 Å². The molecule has 0 saturated carbocycles. The summed E-state index contributed by atoms with van der Waals surface area (Å²) in [6.45, 7) is 8.80. The monoisotopic (exact) mass is 218 g/mol. The number of hydrogen-bond acceptors (Lipinski definition) is 2. The zero-order valence-electron chi connectivity index (χ0n) is 10.3. The quantitative estimate of drug-likeness (QED) is 0.558. The fourth-order valence-electron chi connectivity index (χ4n) is 1.58. The molecule has 0 aliphatic carbocycles. The summed E-state index contributed by atoms with van der Waals surface area (Å²) in [4.78, 5) is 2.35. The van der Waals surface area contributed by atoms with Crippen LogP contribution in [0.25, 0.3) is 0 Å². The van der Waals surface area contributed by atoms with Gasteiger partial charge >= 0.3 is 0 Å². The zero-order valence-corrected chi connectivity index (χ0v) is 10.3. The Morgan fingerprint density at radius 1 is 1.38 bits per heavy atom. The van der Waals surface area contributed by atoms with Gasteiger partial charge in [0, 0.05) is 25.7 Å². The minimum Gasteiger partial charge on any atom is -0.312 e. The normalized spacial score (nSPS) is 12.7. The van der Waals surface area contributed by atoms with Crippen LogP contribution in [-0.4, -0.2) is 31.1 Å². The van der Waals surface area contributed by atoms with Crippen molar-refractivity contribution in [1.29, 1.82) is 0 Å². The maximum absolute atomic E-state index is 3.69. The highest BCUT2D eigenvalue weighted by molar-refractivity contribution is 5.14. The molecule has 1 unspecified atom stereocenters. The van der Waals surface area contributed by atoms with Crippen LogP contribution in [-0.2, 0) is 6.54 Å². The van der Waals surface area contributed by atoms with Crippen LogP contribution >= 0.6 is 0 Å². The van der Waals surface area contributed by atoms with Gasteiger partial charge in [-0.2, -0.15) is 0 Å². The molecule has 1 aromatic carbocycles. The highest BCUT2D eigenvalue weighted by atomic mass is 15.1. The van der Waals surface area contributed by atoms with Crippen LogP contribution in [0.4, 0.5) is 0 Å². The third-order valence-electron chi connectivity index (χ3n) is 2.76. The Balaban J connectivity index is 2.33. The molecule has 0 aliphatic rings. The van der Waals surface area contributed by atoms with Crippen LogP contribution < -0.4 is 5.32 Å². The van der Waals surface area contributed by atoms with Gasteiger partial charge in [-0.15, -0.1) is 6.58 Å². The molecule has 2 heteroatoms. The number of likely N-dealkylation sites (N-methyl/N-ethyl adjacent to an activating group) is 1. The molecular weight excluding hydrogens is 196 g/mol. The molecule has 0 amide bonds. The second-order valence-corrected chi connectivity index (χ2v) is 4.20. The van der Waals surface area contributed by atoms with Crippen molar-refractivity contribution < 1.29 is 0 Å². The largest absolute Gasteiger partial charge is 0.312 e. The first-order valence-corrected chi connectivity index (χ1v) is 5.80. The highest BCUT2D eigenvalue weighted by Gasteiger charge is 2.08. The second-order valence-electron chi connectivity index (χ2n) is 4.20. The predicted molar refractivity (Wildman–Crippen MR) is 70.4 cm³/mol. The Morgan fingerprint density at radius 2 is 2.06 bits per heavy atom. The van der Waals surface area contributed by atoms with Crippen LogP contribution in [0.1, 0.15) is 12.5 Å². The lowest BCUT2D eigenvalue weighted by molar-refractivity contribution is 0.244. The van der Waals surface area contributed by atoms with E-state index in [0.717, 1.165) is 19.6 Å². The van der Waals surface area contributed by atoms with Gasteiger partial charge in [-0.1, -0.05) is 36.4 Å². The lowest BCUT2D eigenvalue weighted by Gasteiger charge is -2.24. The maximum Gasteiger partial charge on any atom is 0.0234 e. The fourth-order valence-corrected chi connectivity index (χ4v) is 1.58. The summed E-state index contributed by atoms with van der Waals surface area (Å²) < 4.78 is 0. The molecule has 0 bridgehead atoms. The smallest absolute Gasteiger partial charge is 0.0234 e. The molecule has 0 aromatic heterocycles. The van der Waals surface area contributed by atoms with E-state index in [9.17, 15) is 0 Å². The predicted octanol–water partition coefficient (Wildman–Crippen LogP) is 2.28. The lowest BCUT2D eigenvalue weighted by Crippen LogP contribution is -2.37. The van der Waals surface area contributed by atoms with Crippen LogP contribution in [0.3, 0.4) is 0 Å². The minimum atomic E-state index is 0.528. The lowest BCUT2D eigenvalue weighted by atomic mass is 10.2. The SMILES string of the molecule is C=CCNCC(C)N(C)Cc1ccccc1. The highest BCUT2D eigenvalue weighted by Crippen LogP contribution is 2.05. The number of nitrogens with one attached hydrogen (secondary N) is 1. The first-order chi connectivity index (χ1) is 7.74. The van der Waals surface area contributed by atoms with Crippen molar-refractivity contribution in [2.45, 2.75) is 19.5 Å². The Labute approximate surface area is 99.0 Å². The summed E-state index contributed by atoms with van der Waals surface area (Å²) >= 11 is 0. The van der Waals surface area contributed by atoms with E-state index >= 15 is 0 Å². The molecule has 1 rings (SSSR count). The van der Waals surface area contributed by atoms with Gasteiger partial charge in [0.05, 0.1) is 0 Å². The summed E-state index contributed by atoms with van der Waals surface area (Å²) in [6.07, 6.45) is 1.89. The average Bonchev–Trinajstić information content (AvgIpc) is 2.30. The summed E-state index contributed by atoms with van der Waals surface area (Å²) in [5, 5.41) is 3.34. The molecule has 2 nitrogen and oxygen atoms in total. The standard InChI is InChI=1S/C14H22N2/c1-4-10-15-11-13(2)16(3)12-14-8-6-5-7-9-14/h4-9,13,15H,1,10-12H2,2-3H3. The molecule has 0 radical (unpaired) electrons. The number of rotatable bonds is 7. The second kappa shape index (κ2) is 7.20. The Hall–Kier alpha value is -1.12. The van der Waals surface area contributed by atoms with E-state index in [2.05, 4.69) is 61.1 Å². The number of benzene rings is 1. The summed E-state index contributed by atoms with van der Waals surface area (Å²) in [7, 11) is 2.16. The third kappa shape index (κ3) is 4.60. The van der Waals surface area contributed by atoms with Crippen molar-refractivity contribution in [3.05, 3.63) is 48.6 Å². The minimum absolute atomic E-state index is 0.528. The molecule has 16 heavy (non-hydrogen) atoms. The van der Waals surface area contributed by atoms with Crippen molar-refractivity contribution in [3.8, 4) is 0 Å². The van der Waals surface area contributed by atoms with Crippen molar-refractivity contribution in [2.24, 2.45) is 0 Å². The Bertz CT molecular complexity index is 295.